The van der Waals surface area contributed by atoms with Gasteiger partial charge in [-0.1, -0.05) is 54.6 Å². The molecule has 0 saturated heterocycles. The van der Waals surface area contributed by atoms with Gasteiger partial charge in [-0.3, -0.25) is 9.59 Å². The number of Topliss-reactive ketones (excluding diaryl/α,β-unsaturated/α-hetero) is 1. The van der Waals surface area contributed by atoms with Crippen LogP contribution in [0.1, 0.15) is 43.0 Å². The van der Waals surface area contributed by atoms with Gasteiger partial charge in [-0.25, -0.2) is 0 Å². The molecule has 21 heavy (non-hydrogen) atoms. The van der Waals surface area contributed by atoms with Crippen molar-refractivity contribution in [2.45, 2.75) is 32.6 Å². The third-order valence-electron chi connectivity index (χ3n) is 2.94. The molecule has 0 N–H and O–H groups in total. The van der Waals surface area contributed by atoms with Crippen LogP contribution in [0.4, 0.5) is 0 Å². The lowest BCUT2D eigenvalue weighted by atomic mass is 10.0. The maximum Gasteiger partial charge on any atom is 0.302 e. The second-order valence-electron chi connectivity index (χ2n) is 4.83. The summed E-state index contributed by atoms with van der Waals surface area (Å²) in [5, 5.41) is 0. The highest BCUT2D eigenvalue weighted by Crippen LogP contribution is 2.10. The van der Waals surface area contributed by atoms with Crippen molar-refractivity contribution >= 4 is 11.8 Å². The van der Waals surface area contributed by atoms with E-state index in [0.29, 0.717) is 19.4 Å². The van der Waals surface area contributed by atoms with E-state index in [4.69, 9.17) is 4.74 Å². The van der Waals surface area contributed by atoms with Gasteiger partial charge >= 0.3 is 5.97 Å². The molecule has 1 rings (SSSR count). The molecule has 0 radical (unpaired) electrons. The predicted octanol–water partition coefficient (Wildman–Crippen LogP) is 4.11. The van der Waals surface area contributed by atoms with E-state index in [9.17, 15) is 9.59 Å². The molecule has 3 heteroatoms. The van der Waals surface area contributed by atoms with Crippen molar-refractivity contribution in [3.05, 3.63) is 60.2 Å². The van der Waals surface area contributed by atoms with Crippen LogP contribution in [0.3, 0.4) is 0 Å². The topological polar surface area (TPSA) is 43.4 Å². The molecule has 0 aliphatic heterocycles. The van der Waals surface area contributed by atoms with Crippen LogP contribution in [0.5, 0.6) is 0 Å². The number of hydrogen-bond acceptors (Lipinski definition) is 3. The molecular weight excluding hydrogens is 264 g/mol. The Hall–Kier alpha value is -2.16. The zero-order valence-electron chi connectivity index (χ0n) is 12.5. The van der Waals surface area contributed by atoms with Gasteiger partial charge in [0.05, 0.1) is 6.61 Å². The van der Waals surface area contributed by atoms with E-state index in [2.05, 4.69) is 6.58 Å². The van der Waals surface area contributed by atoms with E-state index >= 15 is 0 Å². The maximum absolute atomic E-state index is 11.9. The molecule has 1 aromatic carbocycles. The number of allylic oxidation sites excluding steroid dienone is 3. The minimum Gasteiger partial charge on any atom is -0.466 e. The molecule has 0 spiro atoms. The lowest BCUT2D eigenvalue weighted by Gasteiger charge is -2.01. The standard InChI is InChI=1S/C18H22O3/c1-15(9-5-4-8-14-21-16(2)19)12-13-18(20)17-10-6-3-7-11-17/h3,5-7,9-11H,1,4,8,12-14H2,2H3/b9-5+. The van der Waals surface area contributed by atoms with Gasteiger partial charge in [0.25, 0.3) is 0 Å². The fourth-order valence-corrected chi connectivity index (χ4v) is 1.79. The predicted molar refractivity (Wildman–Crippen MR) is 84.2 cm³/mol. The van der Waals surface area contributed by atoms with Gasteiger partial charge in [0, 0.05) is 18.9 Å². The van der Waals surface area contributed by atoms with Gasteiger partial charge in [-0.05, 0) is 19.3 Å². The Morgan fingerprint density at radius 1 is 1.19 bits per heavy atom. The van der Waals surface area contributed by atoms with E-state index in [-0.39, 0.29) is 11.8 Å². The molecule has 0 bridgehead atoms. The normalized spacial score (nSPS) is 10.5. The van der Waals surface area contributed by atoms with E-state index in [1.807, 2.05) is 42.5 Å². The summed E-state index contributed by atoms with van der Waals surface area (Å²) in [5.74, 6) is -0.108. The van der Waals surface area contributed by atoms with Crippen LogP contribution >= 0.6 is 0 Å². The highest BCUT2D eigenvalue weighted by molar-refractivity contribution is 5.96. The summed E-state index contributed by atoms with van der Waals surface area (Å²) >= 11 is 0. The second-order valence-corrected chi connectivity index (χ2v) is 4.83. The largest absolute Gasteiger partial charge is 0.466 e. The Kier molecular flexibility index (Phi) is 7.80. The first kappa shape index (κ1) is 16.9. The van der Waals surface area contributed by atoms with Gasteiger partial charge in [-0.15, -0.1) is 0 Å². The van der Waals surface area contributed by atoms with Gasteiger partial charge in [0.15, 0.2) is 5.78 Å². The van der Waals surface area contributed by atoms with Crippen molar-refractivity contribution in [2.75, 3.05) is 6.61 Å². The summed E-state index contributed by atoms with van der Waals surface area (Å²) < 4.78 is 4.84. The van der Waals surface area contributed by atoms with E-state index in [0.717, 1.165) is 24.0 Å². The van der Waals surface area contributed by atoms with Gasteiger partial charge in [0.2, 0.25) is 0 Å². The summed E-state index contributed by atoms with van der Waals surface area (Å²) in [7, 11) is 0. The quantitative estimate of drug-likeness (QED) is 0.297. The molecule has 1 aromatic rings. The second kappa shape index (κ2) is 9.70. The minimum atomic E-state index is -0.247. The lowest BCUT2D eigenvalue weighted by Crippen LogP contribution is -1.99. The number of ether oxygens (including phenoxy) is 1. The fraction of sp³-hybridized carbons (Fsp3) is 0.333. The number of carbonyl (C=O) groups excluding carboxylic acids is 2. The van der Waals surface area contributed by atoms with Gasteiger partial charge in [0.1, 0.15) is 0 Å². The molecule has 0 aliphatic rings. The molecule has 0 aliphatic carbocycles. The number of ketones is 1. The monoisotopic (exact) mass is 286 g/mol. The van der Waals surface area contributed by atoms with Crippen LogP contribution in [-0.2, 0) is 9.53 Å². The highest BCUT2D eigenvalue weighted by Gasteiger charge is 2.04. The van der Waals surface area contributed by atoms with Crippen LogP contribution in [-0.4, -0.2) is 18.4 Å². The fourth-order valence-electron chi connectivity index (χ4n) is 1.79. The average molecular weight is 286 g/mol. The Balaban J connectivity index is 2.19. The zero-order valence-corrected chi connectivity index (χ0v) is 12.5. The van der Waals surface area contributed by atoms with Crippen LogP contribution in [0.25, 0.3) is 0 Å². The Morgan fingerprint density at radius 2 is 1.90 bits per heavy atom. The third-order valence-corrected chi connectivity index (χ3v) is 2.94. The van der Waals surface area contributed by atoms with Crippen molar-refractivity contribution in [3.63, 3.8) is 0 Å². The summed E-state index contributed by atoms with van der Waals surface area (Å²) in [6.07, 6.45) is 6.70. The molecule has 0 amide bonds. The van der Waals surface area contributed by atoms with Crippen LogP contribution in [0.2, 0.25) is 0 Å². The first-order valence-electron chi connectivity index (χ1n) is 7.15. The molecule has 0 atom stereocenters. The first-order chi connectivity index (χ1) is 10.1. The molecule has 0 heterocycles. The smallest absolute Gasteiger partial charge is 0.302 e. The first-order valence-corrected chi connectivity index (χ1v) is 7.15. The summed E-state index contributed by atoms with van der Waals surface area (Å²) in [5.41, 5.74) is 1.68. The highest BCUT2D eigenvalue weighted by atomic mass is 16.5. The third kappa shape index (κ3) is 7.88. The number of esters is 1. The number of rotatable bonds is 9. The van der Waals surface area contributed by atoms with Crippen molar-refractivity contribution in [1.29, 1.82) is 0 Å². The summed E-state index contributed by atoms with van der Waals surface area (Å²) in [4.78, 5) is 22.5. The summed E-state index contributed by atoms with van der Waals surface area (Å²) in [6.45, 7) is 5.79. The minimum absolute atomic E-state index is 0.139. The average Bonchev–Trinajstić information content (AvgIpc) is 2.49. The van der Waals surface area contributed by atoms with E-state index < -0.39 is 0 Å². The van der Waals surface area contributed by atoms with E-state index in [1.54, 1.807) is 0 Å². The Labute approximate surface area is 126 Å². The molecule has 112 valence electrons. The van der Waals surface area contributed by atoms with Crippen molar-refractivity contribution in [2.24, 2.45) is 0 Å². The number of benzene rings is 1. The zero-order chi connectivity index (χ0) is 15.5. The molecule has 0 saturated carbocycles. The maximum atomic E-state index is 11.9. The molecule has 0 unspecified atom stereocenters. The Morgan fingerprint density at radius 3 is 2.57 bits per heavy atom. The molecule has 0 fully saturated rings. The number of hydrogen-bond donors (Lipinski definition) is 0. The molecule has 0 aromatic heterocycles. The SMILES string of the molecule is C=C(/C=C/CCCOC(C)=O)CCC(=O)c1ccccc1. The van der Waals surface area contributed by atoms with Crippen LogP contribution in [0, 0.1) is 0 Å². The van der Waals surface area contributed by atoms with Gasteiger partial charge in [-0.2, -0.15) is 0 Å². The molecule has 3 nitrogen and oxygen atoms in total. The van der Waals surface area contributed by atoms with Crippen LogP contribution in [0.15, 0.2) is 54.6 Å². The van der Waals surface area contributed by atoms with Gasteiger partial charge < -0.3 is 4.74 Å². The Bertz CT molecular complexity index is 500. The van der Waals surface area contributed by atoms with Crippen molar-refractivity contribution < 1.29 is 14.3 Å². The van der Waals surface area contributed by atoms with Crippen molar-refractivity contribution in [3.8, 4) is 0 Å². The lowest BCUT2D eigenvalue weighted by molar-refractivity contribution is -0.141. The van der Waals surface area contributed by atoms with E-state index in [1.165, 1.54) is 6.92 Å². The van der Waals surface area contributed by atoms with Crippen LogP contribution < -0.4 is 0 Å². The summed E-state index contributed by atoms with van der Waals surface area (Å²) in [6, 6.07) is 9.29. The number of unbranched alkanes of at least 4 members (excludes halogenated alkanes) is 1. The molecular formula is C18H22O3. The number of carbonyl (C=O) groups is 2. The van der Waals surface area contributed by atoms with Crippen molar-refractivity contribution in [1.82, 2.24) is 0 Å².